The highest BCUT2D eigenvalue weighted by molar-refractivity contribution is 4.85. The molecule has 4 heteroatoms. The largest absolute Gasteiger partial charge is 0.395 e. The number of methoxy groups -OCH3 is 1. The maximum absolute atomic E-state index is 9.37. The minimum Gasteiger partial charge on any atom is -0.395 e. The molecule has 1 rings (SSSR count). The first kappa shape index (κ1) is 15.9. The lowest BCUT2D eigenvalue weighted by molar-refractivity contribution is 0.132. The van der Waals surface area contributed by atoms with Crippen LogP contribution in [-0.2, 0) is 4.74 Å². The van der Waals surface area contributed by atoms with Gasteiger partial charge in [0.25, 0.3) is 0 Å². The molecular formula is C14H30N2O2. The van der Waals surface area contributed by atoms with Crippen molar-refractivity contribution in [3.05, 3.63) is 0 Å². The van der Waals surface area contributed by atoms with Crippen LogP contribution in [0.25, 0.3) is 0 Å². The fraction of sp³-hybridized carbons (Fsp3) is 1.00. The molecule has 18 heavy (non-hydrogen) atoms. The minimum atomic E-state index is 0.246. The van der Waals surface area contributed by atoms with Gasteiger partial charge in [-0.25, -0.2) is 0 Å². The Bertz CT molecular complexity index is 208. The molecule has 0 aliphatic heterocycles. The summed E-state index contributed by atoms with van der Waals surface area (Å²) in [5.41, 5.74) is 0. The van der Waals surface area contributed by atoms with E-state index in [1.165, 1.54) is 12.8 Å². The van der Waals surface area contributed by atoms with Crippen LogP contribution in [0, 0.1) is 5.92 Å². The lowest BCUT2D eigenvalue weighted by Gasteiger charge is -2.26. The van der Waals surface area contributed by atoms with Gasteiger partial charge in [0, 0.05) is 32.3 Å². The lowest BCUT2D eigenvalue weighted by Crippen LogP contribution is -2.39. The molecule has 0 aromatic rings. The van der Waals surface area contributed by atoms with Gasteiger partial charge in [-0.3, -0.25) is 0 Å². The molecule has 1 fully saturated rings. The Labute approximate surface area is 112 Å². The summed E-state index contributed by atoms with van der Waals surface area (Å²) >= 11 is 0. The van der Waals surface area contributed by atoms with Crippen LogP contribution in [-0.4, -0.2) is 62.0 Å². The van der Waals surface area contributed by atoms with E-state index in [0.29, 0.717) is 12.0 Å². The summed E-state index contributed by atoms with van der Waals surface area (Å²) in [6, 6.07) is 0.925. The molecule has 0 amide bonds. The maximum atomic E-state index is 9.37. The van der Waals surface area contributed by atoms with E-state index >= 15 is 0 Å². The average Bonchev–Trinajstić information content (AvgIpc) is 3.14. The Morgan fingerprint density at radius 3 is 2.56 bits per heavy atom. The van der Waals surface area contributed by atoms with E-state index in [2.05, 4.69) is 24.1 Å². The van der Waals surface area contributed by atoms with E-state index < -0.39 is 0 Å². The van der Waals surface area contributed by atoms with Gasteiger partial charge >= 0.3 is 0 Å². The van der Waals surface area contributed by atoms with E-state index in [-0.39, 0.29) is 12.6 Å². The fourth-order valence-electron chi connectivity index (χ4n) is 2.18. The highest BCUT2D eigenvalue weighted by Crippen LogP contribution is 2.19. The number of hydrogen-bond acceptors (Lipinski definition) is 4. The fourth-order valence-corrected chi connectivity index (χ4v) is 2.18. The van der Waals surface area contributed by atoms with Crippen molar-refractivity contribution < 1.29 is 9.84 Å². The standard InChI is InChI=1S/C14H30N2O2/c1-12(2)10-16(8-9-18-3)7-6-14(11-17)15-13-4-5-13/h12-15,17H,4-11H2,1-3H3. The molecule has 0 saturated heterocycles. The van der Waals surface area contributed by atoms with E-state index in [0.717, 1.165) is 32.7 Å². The number of hydrogen-bond donors (Lipinski definition) is 2. The number of aliphatic hydroxyl groups excluding tert-OH is 1. The third kappa shape index (κ3) is 7.31. The number of rotatable bonds is 11. The second-order valence-corrected chi connectivity index (χ2v) is 5.80. The zero-order valence-electron chi connectivity index (χ0n) is 12.2. The second kappa shape index (κ2) is 8.86. The molecule has 108 valence electrons. The first-order valence-electron chi connectivity index (χ1n) is 7.24. The molecule has 1 aliphatic carbocycles. The van der Waals surface area contributed by atoms with Gasteiger partial charge in [-0.2, -0.15) is 0 Å². The molecule has 1 aliphatic rings. The van der Waals surface area contributed by atoms with Gasteiger partial charge in [0.2, 0.25) is 0 Å². The average molecular weight is 258 g/mol. The third-order valence-corrected chi connectivity index (χ3v) is 3.30. The molecule has 0 spiro atoms. The lowest BCUT2D eigenvalue weighted by atomic mass is 10.1. The molecule has 0 aromatic carbocycles. The zero-order chi connectivity index (χ0) is 13.4. The highest BCUT2D eigenvalue weighted by atomic mass is 16.5. The first-order chi connectivity index (χ1) is 8.65. The summed E-state index contributed by atoms with van der Waals surface area (Å²) in [6.07, 6.45) is 3.56. The van der Waals surface area contributed by atoms with E-state index in [1.807, 2.05) is 0 Å². The van der Waals surface area contributed by atoms with E-state index in [1.54, 1.807) is 7.11 Å². The van der Waals surface area contributed by atoms with E-state index in [4.69, 9.17) is 4.74 Å². The smallest absolute Gasteiger partial charge is 0.0589 e. The SMILES string of the molecule is COCCN(CCC(CO)NC1CC1)CC(C)C. The summed E-state index contributed by atoms with van der Waals surface area (Å²) in [7, 11) is 1.75. The number of nitrogens with zero attached hydrogens (tertiary/aromatic N) is 1. The minimum absolute atomic E-state index is 0.246. The third-order valence-electron chi connectivity index (χ3n) is 3.30. The van der Waals surface area contributed by atoms with Crippen LogP contribution in [0.2, 0.25) is 0 Å². The molecule has 0 bridgehead atoms. The van der Waals surface area contributed by atoms with Crippen molar-refractivity contribution in [3.63, 3.8) is 0 Å². The van der Waals surface area contributed by atoms with Crippen LogP contribution in [0.15, 0.2) is 0 Å². The topological polar surface area (TPSA) is 44.7 Å². The summed E-state index contributed by atoms with van der Waals surface area (Å²) in [5, 5.41) is 12.9. The molecule has 2 N–H and O–H groups in total. The molecule has 1 atom stereocenters. The van der Waals surface area contributed by atoms with E-state index in [9.17, 15) is 5.11 Å². The van der Waals surface area contributed by atoms with Gasteiger partial charge in [0.15, 0.2) is 0 Å². The van der Waals surface area contributed by atoms with Crippen molar-refractivity contribution in [2.24, 2.45) is 5.92 Å². The Balaban J connectivity index is 2.23. The molecule has 1 saturated carbocycles. The normalized spacial score (nSPS) is 17.7. The monoisotopic (exact) mass is 258 g/mol. The van der Waals surface area contributed by atoms with Gasteiger partial charge in [0.05, 0.1) is 13.2 Å². The Morgan fingerprint density at radius 2 is 2.06 bits per heavy atom. The van der Waals surface area contributed by atoms with Crippen LogP contribution in [0.4, 0.5) is 0 Å². The maximum Gasteiger partial charge on any atom is 0.0589 e. The van der Waals surface area contributed by atoms with Gasteiger partial charge in [0.1, 0.15) is 0 Å². The molecule has 1 unspecified atom stereocenters. The van der Waals surface area contributed by atoms with Crippen LogP contribution < -0.4 is 5.32 Å². The van der Waals surface area contributed by atoms with Crippen molar-refractivity contribution in [2.45, 2.75) is 45.2 Å². The Kier molecular flexibility index (Phi) is 7.82. The number of ether oxygens (including phenoxy) is 1. The number of nitrogens with one attached hydrogen (secondary N) is 1. The quantitative estimate of drug-likeness (QED) is 0.582. The zero-order valence-corrected chi connectivity index (χ0v) is 12.2. The molecule has 0 aromatic heterocycles. The van der Waals surface area contributed by atoms with Gasteiger partial charge < -0.3 is 20.1 Å². The summed E-state index contributed by atoms with van der Waals surface area (Å²) in [4.78, 5) is 2.44. The molecule has 4 nitrogen and oxygen atoms in total. The predicted molar refractivity (Wildman–Crippen MR) is 74.8 cm³/mol. The Hall–Kier alpha value is -0.160. The highest BCUT2D eigenvalue weighted by Gasteiger charge is 2.24. The van der Waals surface area contributed by atoms with Gasteiger partial charge in [-0.1, -0.05) is 13.8 Å². The Morgan fingerprint density at radius 1 is 1.33 bits per heavy atom. The summed E-state index contributed by atoms with van der Waals surface area (Å²) in [5.74, 6) is 0.672. The van der Waals surface area contributed by atoms with Crippen molar-refractivity contribution in [2.75, 3.05) is 40.0 Å². The molecule has 0 heterocycles. The van der Waals surface area contributed by atoms with Crippen molar-refractivity contribution in [1.29, 1.82) is 0 Å². The number of aliphatic hydroxyl groups is 1. The first-order valence-corrected chi connectivity index (χ1v) is 7.24. The summed E-state index contributed by atoms with van der Waals surface area (Å²) in [6.45, 7) is 8.63. The van der Waals surface area contributed by atoms with Gasteiger partial charge in [-0.05, 0) is 31.7 Å². The van der Waals surface area contributed by atoms with Crippen molar-refractivity contribution in [3.8, 4) is 0 Å². The second-order valence-electron chi connectivity index (χ2n) is 5.80. The molecular weight excluding hydrogens is 228 g/mol. The molecule has 0 radical (unpaired) electrons. The van der Waals surface area contributed by atoms with Crippen LogP contribution in [0.1, 0.15) is 33.1 Å². The van der Waals surface area contributed by atoms with Crippen LogP contribution in [0.5, 0.6) is 0 Å². The van der Waals surface area contributed by atoms with Crippen molar-refractivity contribution >= 4 is 0 Å². The van der Waals surface area contributed by atoms with Crippen LogP contribution in [0.3, 0.4) is 0 Å². The summed E-state index contributed by atoms with van der Waals surface area (Å²) < 4.78 is 5.15. The van der Waals surface area contributed by atoms with Crippen LogP contribution >= 0.6 is 0 Å². The van der Waals surface area contributed by atoms with Crippen molar-refractivity contribution in [1.82, 2.24) is 10.2 Å². The predicted octanol–water partition coefficient (Wildman–Crippen LogP) is 1.09. The van der Waals surface area contributed by atoms with Gasteiger partial charge in [-0.15, -0.1) is 0 Å².